The lowest BCUT2D eigenvalue weighted by Gasteiger charge is -2.25. The maximum atomic E-state index is 6.98. The average molecular weight is 680 g/mol. The van der Waals surface area contributed by atoms with E-state index in [1.54, 1.807) is 0 Å². The molecule has 0 fully saturated rings. The summed E-state index contributed by atoms with van der Waals surface area (Å²) in [4.78, 5) is 0. The Labute approximate surface area is 297 Å². The summed E-state index contributed by atoms with van der Waals surface area (Å²) in [7, 11) is 0. The van der Waals surface area contributed by atoms with Gasteiger partial charge in [-0.1, -0.05) is 109 Å². The van der Waals surface area contributed by atoms with E-state index in [0.29, 0.717) is 6.54 Å². The monoisotopic (exact) mass is 679 g/mol. The predicted octanol–water partition coefficient (Wildman–Crippen LogP) is 11.6. The Morgan fingerprint density at radius 2 is 1.25 bits per heavy atom. The van der Waals surface area contributed by atoms with Gasteiger partial charge in [0.15, 0.2) is 0 Å². The molecule has 0 radical (unpaired) electrons. The van der Waals surface area contributed by atoms with Crippen LogP contribution >= 0.6 is 11.3 Å². The van der Waals surface area contributed by atoms with Gasteiger partial charge >= 0.3 is 0 Å². The lowest BCUT2D eigenvalue weighted by Crippen LogP contribution is -2.39. The van der Waals surface area contributed by atoms with Crippen LogP contribution in [0.2, 0.25) is 0 Å². The van der Waals surface area contributed by atoms with E-state index < -0.39 is 6.17 Å². The summed E-state index contributed by atoms with van der Waals surface area (Å²) in [6.07, 6.45) is -0.620. The number of furan rings is 2. The van der Waals surface area contributed by atoms with Crippen LogP contribution in [0.5, 0.6) is 0 Å². The molecule has 2 atom stereocenters. The molecule has 2 unspecified atom stereocenters. The average Bonchev–Trinajstić information content (AvgIpc) is 3.87. The first-order valence-electron chi connectivity index (χ1n) is 17.2. The predicted molar refractivity (Wildman–Crippen MR) is 212 cm³/mol. The van der Waals surface area contributed by atoms with Crippen molar-refractivity contribution in [1.29, 1.82) is 0 Å². The summed E-state index contributed by atoms with van der Waals surface area (Å²) in [5.41, 5.74) is 15.8. The molecule has 51 heavy (non-hydrogen) atoms. The number of nitrogens with two attached hydrogens (primary N) is 1. The third kappa shape index (κ3) is 5.28. The highest BCUT2D eigenvalue weighted by Crippen LogP contribution is 2.39. The number of para-hydroxylation sites is 2. The van der Waals surface area contributed by atoms with Crippen LogP contribution in [-0.4, -0.2) is 0 Å². The molecule has 0 bridgehead atoms. The second kappa shape index (κ2) is 12.2. The van der Waals surface area contributed by atoms with Crippen LogP contribution in [0.4, 0.5) is 0 Å². The maximum absolute atomic E-state index is 6.98. The van der Waals surface area contributed by atoms with Crippen molar-refractivity contribution in [2.24, 2.45) is 5.73 Å². The van der Waals surface area contributed by atoms with Crippen molar-refractivity contribution < 1.29 is 8.83 Å². The van der Waals surface area contributed by atoms with Crippen molar-refractivity contribution in [2.45, 2.75) is 18.9 Å². The Morgan fingerprint density at radius 3 is 2.18 bits per heavy atom. The SMILES string of the molecule is NC(NC(NCc1ccccc1)c1ccc2c(c1)sc1ccccc12)c1ccc2oc3cc(-c4cccc5c4oc4ccccc45)ccc3c2c1. The molecule has 3 aromatic heterocycles. The summed E-state index contributed by atoms with van der Waals surface area (Å²) in [6, 6.07) is 52.9. The fourth-order valence-electron chi connectivity index (χ4n) is 7.42. The van der Waals surface area contributed by atoms with Gasteiger partial charge in [-0.2, -0.15) is 0 Å². The molecule has 3 heterocycles. The summed E-state index contributed by atoms with van der Waals surface area (Å²) in [5, 5.41) is 14.3. The van der Waals surface area contributed by atoms with E-state index in [-0.39, 0.29) is 6.17 Å². The molecule has 7 aromatic carbocycles. The van der Waals surface area contributed by atoms with Gasteiger partial charge in [-0.25, -0.2) is 0 Å². The summed E-state index contributed by atoms with van der Waals surface area (Å²) in [6.45, 7) is 0.700. The number of hydrogen-bond acceptors (Lipinski definition) is 6. The Kier molecular flexibility index (Phi) is 7.22. The van der Waals surface area contributed by atoms with E-state index >= 15 is 0 Å². The summed E-state index contributed by atoms with van der Waals surface area (Å²) >= 11 is 1.82. The topological polar surface area (TPSA) is 76.4 Å². The Morgan fingerprint density at radius 1 is 0.529 bits per heavy atom. The van der Waals surface area contributed by atoms with Gasteiger partial charge < -0.3 is 14.6 Å². The van der Waals surface area contributed by atoms with Crippen molar-refractivity contribution in [3.05, 3.63) is 168 Å². The number of rotatable bonds is 8. The van der Waals surface area contributed by atoms with E-state index in [9.17, 15) is 0 Å². The zero-order valence-electron chi connectivity index (χ0n) is 27.6. The molecule has 0 spiro atoms. The highest BCUT2D eigenvalue weighted by molar-refractivity contribution is 7.25. The second-order valence-electron chi connectivity index (χ2n) is 13.1. The molecule has 6 heteroatoms. The molecular formula is C45H33N3O2S. The van der Waals surface area contributed by atoms with Gasteiger partial charge in [0.25, 0.3) is 0 Å². The first-order valence-corrected chi connectivity index (χ1v) is 18.0. The van der Waals surface area contributed by atoms with E-state index in [4.69, 9.17) is 14.6 Å². The smallest absolute Gasteiger partial charge is 0.143 e. The molecule has 5 nitrogen and oxygen atoms in total. The standard InChI is InChI=1S/C45H33N3O2S/c46-44(48-45(47-26-27-9-2-1-3-10-27)30-18-21-35-34-12-5-7-16-41(34)51-42(35)25-30)29-19-22-39-37(23-29)33-20-17-28(24-40(33)49-39)31-13-8-14-36-32-11-4-6-15-38(32)50-43(31)36/h1-25,44-45,47-48H,26,46H2. The molecule has 246 valence electrons. The minimum atomic E-state index is -0.435. The normalized spacial score (nSPS) is 13.3. The number of nitrogens with one attached hydrogen (secondary N) is 2. The number of hydrogen-bond donors (Lipinski definition) is 3. The van der Waals surface area contributed by atoms with Crippen LogP contribution in [-0.2, 0) is 6.54 Å². The Bertz CT molecular complexity index is 2890. The fourth-order valence-corrected chi connectivity index (χ4v) is 8.57. The lowest BCUT2D eigenvalue weighted by atomic mass is 10.0. The number of fused-ring (bicyclic) bond motifs is 9. The van der Waals surface area contributed by atoms with Crippen molar-refractivity contribution in [1.82, 2.24) is 10.6 Å². The zero-order valence-corrected chi connectivity index (χ0v) is 28.4. The van der Waals surface area contributed by atoms with Gasteiger partial charge in [0.1, 0.15) is 22.3 Å². The minimum absolute atomic E-state index is 0.185. The largest absolute Gasteiger partial charge is 0.456 e. The van der Waals surface area contributed by atoms with Gasteiger partial charge in [-0.3, -0.25) is 10.6 Å². The van der Waals surface area contributed by atoms with Crippen molar-refractivity contribution in [3.8, 4) is 11.1 Å². The van der Waals surface area contributed by atoms with Gasteiger partial charge in [0.2, 0.25) is 0 Å². The highest BCUT2D eigenvalue weighted by atomic mass is 32.1. The molecule has 0 aliphatic heterocycles. The van der Waals surface area contributed by atoms with Crippen molar-refractivity contribution >= 4 is 75.4 Å². The molecule has 4 N–H and O–H groups in total. The molecule has 10 aromatic rings. The highest BCUT2D eigenvalue weighted by Gasteiger charge is 2.19. The number of benzene rings is 7. The van der Waals surface area contributed by atoms with E-state index in [1.165, 1.54) is 25.7 Å². The van der Waals surface area contributed by atoms with E-state index in [0.717, 1.165) is 66.1 Å². The van der Waals surface area contributed by atoms with Crippen LogP contribution in [0, 0.1) is 0 Å². The first kappa shape index (κ1) is 30.1. The molecule has 0 aliphatic rings. The van der Waals surface area contributed by atoms with Crippen molar-refractivity contribution in [2.75, 3.05) is 0 Å². The van der Waals surface area contributed by atoms with Crippen LogP contribution in [0.25, 0.3) is 75.2 Å². The Hall–Kier alpha value is -5.76. The van der Waals surface area contributed by atoms with Crippen LogP contribution in [0.3, 0.4) is 0 Å². The summed E-state index contributed by atoms with van der Waals surface area (Å²) in [5.74, 6) is 0. The summed E-state index contributed by atoms with van der Waals surface area (Å²) < 4.78 is 15.3. The molecule has 0 amide bonds. The fraction of sp³-hybridized carbons (Fsp3) is 0.0667. The maximum Gasteiger partial charge on any atom is 0.143 e. The molecule has 0 saturated heterocycles. The zero-order chi connectivity index (χ0) is 33.9. The molecule has 0 aliphatic carbocycles. The molecular weight excluding hydrogens is 647 g/mol. The van der Waals surface area contributed by atoms with Gasteiger partial charge in [0, 0.05) is 53.8 Å². The third-order valence-corrected chi connectivity index (χ3v) is 11.1. The third-order valence-electron chi connectivity index (χ3n) is 10.0. The molecule has 10 rings (SSSR count). The first-order chi connectivity index (χ1) is 25.2. The Balaban J connectivity index is 0.981. The van der Waals surface area contributed by atoms with Crippen LogP contribution in [0.1, 0.15) is 29.0 Å². The van der Waals surface area contributed by atoms with E-state index in [2.05, 4.69) is 132 Å². The lowest BCUT2D eigenvalue weighted by molar-refractivity contribution is 0.386. The minimum Gasteiger partial charge on any atom is -0.456 e. The second-order valence-corrected chi connectivity index (χ2v) is 14.2. The van der Waals surface area contributed by atoms with Gasteiger partial charge in [-0.15, -0.1) is 11.3 Å². The quantitative estimate of drug-likeness (QED) is 0.139. The van der Waals surface area contributed by atoms with Gasteiger partial charge in [0.05, 0.1) is 12.3 Å². The van der Waals surface area contributed by atoms with Gasteiger partial charge in [-0.05, 0) is 64.7 Å². The number of thiophene rings is 1. The van der Waals surface area contributed by atoms with Crippen LogP contribution < -0.4 is 16.4 Å². The van der Waals surface area contributed by atoms with Crippen molar-refractivity contribution in [3.63, 3.8) is 0 Å². The molecule has 0 saturated carbocycles. The van der Waals surface area contributed by atoms with Crippen LogP contribution in [0.15, 0.2) is 160 Å². The van der Waals surface area contributed by atoms with E-state index in [1.807, 2.05) is 41.7 Å².